The van der Waals surface area contributed by atoms with E-state index in [4.69, 9.17) is 0 Å². The molecule has 1 aliphatic heterocycles. The highest BCUT2D eigenvalue weighted by Gasteiger charge is 2.41. The molecule has 0 unspecified atom stereocenters. The van der Waals surface area contributed by atoms with Gasteiger partial charge in [-0.1, -0.05) is 18.3 Å². The molecule has 2 heterocycles. The van der Waals surface area contributed by atoms with Crippen molar-refractivity contribution in [2.75, 3.05) is 14.1 Å². The second-order valence-corrected chi connectivity index (χ2v) is 6.36. The highest BCUT2D eigenvalue weighted by Crippen LogP contribution is 2.20. The molecular weight excluding hydrogens is 306 g/mol. The van der Waals surface area contributed by atoms with Crippen molar-refractivity contribution in [3.63, 3.8) is 0 Å². The number of likely N-dealkylation sites (N-methyl/N-ethyl adjacent to an activating group) is 2. The molecule has 1 aliphatic rings. The molecule has 0 saturated carbocycles. The van der Waals surface area contributed by atoms with Gasteiger partial charge in [0.25, 0.3) is 5.91 Å². The molecule has 1 aromatic heterocycles. The molecular formula is C13H19N5O3S. The quantitative estimate of drug-likeness (QED) is 0.798. The number of hydrogen-bond donors (Lipinski definition) is 1. The van der Waals surface area contributed by atoms with E-state index < -0.39 is 12.1 Å². The fraction of sp³-hybridized carbons (Fsp3) is 0.615. The van der Waals surface area contributed by atoms with Gasteiger partial charge in [0.1, 0.15) is 6.04 Å². The fourth-order valence-electron chi connectivity index (χ4n) is 2.28. The molecule has 2 rings (SSSR count). The molecule has 0 bridgehead atoms. The van der Waals surface area contributed by atoms with Crippen molar-refractivity contribution >= 4 is 29.4 Å². The van der Waals surface area contributed by atoms with Crippen molar-refractivity contribution in [1.82, 2.24) is 24.7 Å². The maximum Gasteiger partial charge on any atom is 0.326 e. The standard InChI is InChI=1S/C13H19N5O3S/c1-7(2)11-9(22-16-15-11)6-14-10(19)5-8-12(20)18(4)13(21)17(8)3/h7-8H,5-6H2,1-4H3,(H,14,19)/t8-/m1/s1. The van der Waals surface area contributed by atoms with Gasteiger partial charge in [-0.2, -0.15) is 0 Å². The fourth-order valence-corrected chi connectivity index (χ4v) is 3.01. The second-order valence-electron chi connectivity index (χ2n) is 5.52. The van der Waals surface area contributed by atoms with Gasteiger partial charge >= 0.3 is 6.03 Å². The summed E-state index contributed by atoms with van der Waals surface area (Å²) in [7, 11) is 2.93. The molecule has 1 fully saturated rings. The van der Waals surface area contributed by atoms with E-state index in [9.17, 15) is 14.4 Å². The number of imide groups is 1. The normalized spacial score (nSPS) is 18.5. The molecule has 1 N–H and O–H groups in total. The van der Waals surface area contributed by atoms with Crippen LogP contribution < -0.4 is 5.32 Å². The van der Waals surface area contributed by atoms with E-state index in [2.05, 4.69) is 14.9 Å². The largest absolute Gasteiger partial charge is 0.351 e. The Kier molecular flexibility index (Phi) is 4.74. The van der Waals surface area contributed by atoms with E-state index in [0.717, 1.165) is 15.5 Å². The van der Waals surface area contributed by atoms with Gasteiger partial charge in [0, 0.05) is 14.1 Å². The molecule has 0 spiro atoms. The first-order valence-electron chi connectivity index (χ1n) is 6.95. The number of urea groups is 1. The number of nitrogens with zero attached hydrogens (tertiary/aromatic N) is 4. The van der Waals surface area contributed by atoms with Crippen molar-refractivity contribution in [3.05, 3.63) is 10.6 Å². The average molecular weight is 325 g/mol. The third-order valence-corrected chi connectivity index (χ3v) is 4.37. The average Bonchev–Trinajstić information content (AvgIpc) is 3.01. The Morgan fingerprint density at radius 2 is 2.05 bits per heavy atom. The maximum atomic E-state index is 12.0. The van der Waals surface area contributed by atoms with Gasteiger partial charge in [-0.3, -0.25) is 14.5 Å². The molecule has 1 aromatic rings. The highest BCUT2D eigenvalue weighted by molar-refractivity contribution is 7.05. The third kappa shape index (κ3) is 3.08. The predicted octanol–water partition coefficient (Wildman–Crippen LogP) is 0.560. The van der Waals surface area contributed by atoms with E-state index in [-0.39, 0.29) is 24.2 Å². The van der Waals surface area contributed by atoms with E-state index >= 15 is 0 Å². The summed E-state index contributed by atoms with van der Waals surface area (Å²) in [5, 5.41) is 6.81. The number of rotatable bonds is 5. The summed E-state index contributed by atoms with van der Waals surface area (Å²) in [6.07, 6.45) is -0.0470. The minimum absolute atomic E-state index is 0.0470. The lowest BCUT2D eigenvalue weighted by Crippen LogP contribution is -2.37. The Morgan fingerprint density at radius 1 is 1.36 bits per heavy atom. The lowest BCUT2D eigenvalue weighted by molar-refractivity contribution is -0.131. The zero-order valence-electron chi connectivity index (χ0n) is 13.0. The van der Waals surface area contributed by atoms with Crippen LogP contribution in [-0.2, 0) is 16.1 Å². The van der Waals surface area contributed by atoms with Crippen molar-refractivity contribution in [2.24, 2.45) is 0 Å². The van der Waals surface area contributed by atoms with Crippen LogP contribution in [0.2, 0.25) is 0 Å². The van der Waals surface area contributed by atoms with Crippen molar-refractivity contribution in [2.45, 2.75) is 38.8 Å². The molecule has 8 nitrogen and oxygen atoms in total. The molecule has 0 aliphatic carbocycles. The third-order valence-electron chi connectivity index (χ3n) is 3.63. The summed E-state index contributed by atoms with van der Waals surface area (Å²) in [6, 6.07) is -1.13. The van der Waals surface area contributed by atoms with Gasteiger partial charge in [-0.15, -0.1) is 5.10 Å². The van der Waals surface area contributed by atoms with Crippen molar-refractivity contribution in [3.8, 4) is 0 Å². The Morgan fingerprint density at radius 3 is 2.59 bits per heavy atom. The SMILES string of the molecule is CC(C)c1nnsc1CNC(=O)C[C@@H]1C(=O)N(C)C(=O)N1C. The Balaban J connectivity index is 1.92. The Bertz CT molecular complexity index is 600. The number of nitrogens with one attached hydrogen (secondary N) is 1. The van der Waals surface area contributed by atoms with Crippen LogP contribution in [0, 0.1) is 0 Å². The van der Waals surface area contributed by atoms with Crippen LogP contribution in [0.4, 0.5) is 4.79 Å². The first kappa shape index (κ1) is 16.3. The molecule has 1 atom stereocenters. The molecule has 9 heteroatoms. The predicted molar refractivity (Wildman–Crippen MR) is 80.2 cm³/mol. The monoisotopic (exact) mass is 325 g/mol. The number of amides is 4. The van der Waals surface area contributed by atoms with Crippen molar-refractivity contribution < 1.29 is 14.4 Å². The van der Waals surface area contributed by atoms with Gasteiger partial charge in [0.2, 0.25) is 5.91 Å². The van der Waals surface area contributed by atoms with Gasteiger partial charge in [-0.25, -0.2) is 4.79 Å². The summed E-state index contributed by atoms with van der Waals surface area (Å²) in [5.74, 6) is -0.402. The smallest absolute Gasteiger partial charge is 0.326 e. The first-order valence-corrected chi connectivity index (χ1v) is 7.72. The Hall–Kier alpha value is -2.03. The molecule has 22 heavy (non-hydrogen) atoms. The lowest BCUT2D eigenvalue weighted by atomic mass is 10.1. The highest BCUT2D eigenvalue weighted by atomic mass is 32.1. The summed E-state index contributed by atoms with van der Waals surface area (Å²) in [6.45, 7) is 4.35. The number of hydrogen-bond acceptors (Lipinski definition) is 6. The number of carbonyl (C=O) groups excluding carboxylic acids is 3. The summed E-state index contributed by atoms with van der Waals surface area (Å²) in [4.78, 5) is 38.8. The van der Waals surface area contributed by atoms with Crippen LogP contribution in [0.3, 0.4) is 0 Å². The first-order chi connectivity index (χ1) is 10.3. The minimum Gasteiger partial charge on any atom is -0.351 e. The lowest BCUT2D eigenvalue weighted by Gasteiger charge is -2.15. The zero-order chi connectivity index (χ0) is 16.4. The topological polar surface area (TPSA) is 95.5 Å². The molecule has 0 radical (unpaired) electrons. The molecule has 4 amide bonds. The van der Waals surface area contributed by atoms with Gasteiger partial charge in [0.05, 0.1) is 23.5 Å². The van der Waals surface area contributed by atoms with Gasteiger partial charge in [0.15, 0.2) is 0 Å². The van der Waals surface area contributed by atoms with Crippen LogP contribution >= 0.6 is 11.5 Å². The van der Waals surface area contributed by atoms with Crippen molar-refractivity contribution in [1.29, 1.82) is 0 Å². The van der Waals surface area contributed by atoms with E-state index in [0.29, 0.717) is 6.54 Å². The molecule has 120 valence electrons. The zero-order valence-corrected chi connectivity index (χ0v) is 13.8. The van der Waals surface area contributed by atoms with E-state index in [1.807, 2.05) is 13.8 Å². The minimum atomic E-state index is -0.735. The van der Waals surface area contributed by atoms with E-state index in [1.165, 1.54) is 30.5 Å². The molecule has 0 aromatic carbocycles. The van der Waals surface area contributed by atoms with Crippen LogP contribution in [0.5, 0.6) is 0 Å². The van der Waals surface area contributed by atoms with Crippen LogP contribution in [0.15, 0.2) is 0 Å². The summed E-state index contributed by atoms with van der Waals surface area (Å²) >= 11 is 1.25. The maximum absolute atomic E-state index is 12.0. The summed E-state index contributed by atoms with van der Waals surface area (Å²) in [5.41, 5.74) is 0.870. The van der Waals surface area contributed by atoms with Gasteiger partial charge < -0.3 is 10.2 Å². The number of aromatic nitrogens is 2. The summed E-state index contributed by atoms with van der Waals surface area (Å²) < 4.78 is 3.90. The Labute approximate surface area is 132 Å². The van der Waals surface area contributed by atoms with E-state index in [1.54, 1.807) is 0 Å². The van der Waals surface area contributed by atoms with Crippen LogP contribution in [-0.4, -0.2) is 57.4 Å². The van der Waals surface area contributed by atoms with Crippen LogP contribution in [0.25, 0.3) is 0 Å². The number of carbonyl (C=O) groups is 3. The molecule has 1 saturated heterocycles. The van der Waals surface area contributed by atoms with Gasteiger partial charge in [-0.05, 0) is 17.5 Å². The second kappa shape index (κ2) is 6.39. The van der Waals surface area contributed by atoms with Crippen LogP contribution in [0.1, 0.15) is 36.8 Å².